The Hall–Kier alpha value is -4.49. The first kappa shape index (κ1) is 32.9. The second-order valence-electron chi connectivity index (χ2n) is 11.2. The molecule has 0 radical (unpaired) electrons. The molecule has 13 heteroatoms. The molecule has 2 aliphatic rings. The first-order chi connectivity index (χ1) is 22.1. The maximum Gasteiger partial charge on any atom is 0.329 e. The number of thioether (sulfide) groups is 1. The third-order valence-corrected chi connectivity index (χ3v) is 9.45. The van der Waals surface area contributed by atoms with Crippen molar-refractivity contribution in [2.45, 2.75) is 48.6 Å². The highest BCUT2D eigenvalue weighted by atomic mass is 32.2. The van der Waals surface area contributed by atoms with Crippen molar-refractivity contribution in [1.29, 1.82) is 0 Å². The van der Waals surface area contributed by atoms with E-state index in [1.165, 1.54) is 60.3 Å². The Bertz CT molecular complexity index is 1570. The van der Waals surface area contributed by atoms with E-state index in [1.807, 2.05) is 0 Å². The van der Waals surface area contributed by atoms with E-state index in [9.17, 15) is 38.2 Å². The predicted octanol–water partition coefficient (Wildman–Crippen LogP) is 3.90. The van der Waals surface area contributed by atoms with Gasteiger partial charge in [-0.15, -0.1) is 11.8 Å². The lowest BCUT2D eigenvalue weighted by molar-refractivity contribution is -0.147. The molecule has 3 aromatic rings. The molecular weight excluding hydrogens is 620 g/mol. The summed E-state index contributed by atoms with van der Waals surface area (Å²) >= 11 is 1.26. The summed E-state index contributed by atoms with van der Waals surface area (Å²) in [5, 5.41) is 24.5. The number of rotatable bonds is 13. The average molecular weight is 654 g/mol. The summed E-state index contributed by atoms with van der Waals surface area (Å²) < 4.78 is 32.5. The molecule has 3 unspecified atom stereocenters. The fourth-order valence-corrected chi connectivity index (χ4v) is 6.94. The summed E-state index contributed by atoms with van der Waals surface area (Å²) in [4.78, 5) is 51.0. The summed E-state index contributed by atoms with van der Waals surface area (Å²) in [6, 6.07) is 17.4. The lowest BCUT2D eigenvalue weighted by Crippen LogP contribution is -2.57. The number of β-lactam (4-membered cyclic amide) rings is 1. The number of carboxylic acid groups (broad SMARTS) is 1. The zero-order chi connectivity index (χ0) is 32.8. The van der Waals surface area contributed by atoms with Crippen LogP contribution in [0.3, 0.4) is 0 Å². The number of nitrogens with zero attached hydrogens (tertiary/aromatic N) is 1. The number of hydrogen-bond donors (Lipinski definition) is 4. The van der Waals surface area contributed by atoms with E-state index >= 15 is 0 Å². The van der Waals surface area contributed by atoms with Crippen LogP contribution in [0.15, 0.2) is 72.8 Å². The van der Waals surface area contributed by atoms with Crippen molar-refractivity contribution in [2.24, 2.45) is 0 Å². The zero-order valence-electron chi connectivity index (χ0n) is 24.7. The van der Waals surface area contributed by atoms with E-state index < -0.39 is 52.4 Å². The number of carbonyl (C=O) groups excluding carboxylic acids is 3. The van der Waals surface area contributed by atoms with Gasteiger partial charge in [-0.25, -0.2) is 13.6 Å². The SMILES string of the molecule is O=C(COc1ccc(C2C(SCC(O)c3ccc(F)cc3)C(=O)N2c2ccc(F)cc2)cc1)NCC(=O)NC1(C(=O)O)CCCC1. The Kier molecular flexibility index (Phi) is 10.2. The lowest BCUT2D eigenvalue weighted by Gasteiger charge is -2.47. The molecule has 46 heavy (non-hydrogen) atoms. The monoisotopic (exact) mass is 653 g/mol. The van der Waals surface area contributed by atoms with Gasteiger partial charge in [-0.05, 0) is 72.5 Å². The van der Waals surface area contributed by atoms with E-state index in [2.05, 4.69) is 10.6 Å². The molecule has 242 valence electrons. The average Bonchev–Trinajstić information content (AvgIpc) is 3.53. The Morgan fingerprint density at radius 1 is 0.935 bits per heavy atom. The number of aliphatic carboxylic acids is 1. The van der Waals surface area contributed by atoms with Gasteiger partial charge < -0.3 is 30.5 Å². The predicted molar refractivity (Wildman–Crippen MR) is 166 cm³/mol. The summed E-state index contributed by atoms with van der Waals surface area (Å²) in [5.74, 6) is -2.79. The number of anilines is 1. The molecule has 3 aromatic carbocycles. The van der Waals surface area contributed by atoms with E-state index in [-0.39, 0.29) is 24.8 Å². The van der Waals surface area contributed by atoms with E-state index in [0.29, 0.717) is 42.7 Å². The molecule has 10 nitrogen and oxygen atoms in total. The molecule has 3 amide bonds. The van der Waals surface area contributed by atoms with Gasteiger partial charge in [0.2, 0.25) is 11.8 Å². The van der Waals surface area contributed by atoms with Crippen LogP contribution in [0.4, 0.5) is 14.5 Å². The van der Waals surface area contributed by atoms with Crippen LogP contribution in [0, 0.1) is 11.6 Å². The number of carbonyl (C=O) groups is 4. The number of aliphatic hydroxyl groups is 1. The van der Waals surface area contributed by atoms with E-state index in [0.717, 1.165) is 5.56 Å². The van der Waals surface area contributed by atoms with Gasteiger partial charge in [0.05, 0.1) is 18.7 Å². The number of nitrogens with one attached hydrogen (secondary N) is 2. The minimum absolute atomic E-state index is 0.182. The van der Waals surface area contributed by atoms with Gasteiger partial charge in [-0.2, -0.15) is 0 Å². The van der Waals surface area contributed by atoms with Crippen LogP contribution in [-0.2, 0) is 19.2 Å². The number of hydrogen-bond acceptors (Lipinski definition) is 7. The van der Waals surface area contributed by atoms with Crippen molar-refractivity contribution < 1.29 is 42.9 Å². The maximum absolute atomic E-state index is 13.6. The fourth-order valence-electron chi connectivity index (χ4n) is 5.64. The normalized spacial score (nSPS) is 19.2. The number of amides is 3. The molecule has 0 aromatic heterocycles. The van der Waals surface area contributed by atoms with Gasteiger partial charge in [-0.3, -0.25) is 14.4 Å². The molecule has 1 heterocycles. The highest BCUT2D eigenvalue weighted by Gasteiger charge is 2.49. The zero-order valence-corrected chi connectivity index (χ0v) is 25.5. The van der Waals surface area contributed by atoms with Crippen molar-refractivity contribution in [3.63, 3.8) is 0 Å². The lowest BCUT2D eigenvalue weighted by atomic mass is 9.92. The van der Waals surface area contributed by atoms with Crippen molar-refractivity contribution in [1.82, 2.24) is 10.6 Å². The number of aliphatic hydroxyl groups excluding tert-OH is 1. The molecule has 0 spiro atoms. The minimum Gasteiger partial charge on any atom is -0.484 e. The standard InChI is InChI=1S/C33H33F2N3O7S/c34-22-7-3-20(4-8-22)26(39)19-46-30-29(38(31(30)42)24-11-9-23(35)10-12-24)21-5-13-25(14-6-21)45-18-28(41)36-17-27(40)37-33(32(43)44)15-1-2-16-33/h3-14,26,29-30,39H,1-2,15-19H2,(H,36,41)(H,37,40)(H,43,44). The summed E-state index contributed by atoms with van der Waals surface area (Å²) in [5.41, 5.74) is 0.481. The van der Waals surface area contributed by atoms with Crippen LogP contribution >= 0.6 is 11.8 Å². The molecule has 1 saturated heterocycles. The van der Waals surface area contributed by atoms with Gasteiger partial charge in [-0.1, -0.05) is 37.1 Å². The number of carboxylic acids is 1. The minimum atomic E-state index is -1.29. The second kappa shape index (κ2) is 14.3. The highest BCUT2D eigenvalue weighted by molar-refractivity contribution is 8.00. The molecule has 1 saturated carbocycles. The quantitative estimate of drug-likeness (QED) is 0.204. The van der Waals surface area contributed by atoms with Crippen LogP contribution in [-0.4, -0.2) is 63.6 Å². The topological polar surface area (TPSA) is 145 Å². The van der Waals surface area contributed by atoms with Gasteiger partial charge in [0.25, 0.3) is 5.91 Å². The van der Waals surface area contributed by atoms with E-state index in [1.54, 1.807) is 29.2 Å². The molecule has 2 fully saturated rings. The van der Waals surface area contributed by atoms with Crippen molar-refractivity contribution in [3.05, 3.63) is 95.6 Å². The van der Waals surface area contributed by atoms with Crippen LogP contribution in [0.2, 0.25) is 0 Å². The third-order valence-electron chi connectivity index (χ3n) is 8.12. The first-order valence-corrected chi connectivity index (χ1v) is 15.8. The number of benzene rings is 3. The molecule has 5 rings (SSSR count). The van der Waals surface area contributed by atoms with Gasteiger partial charge in [0, 0.05) is 11.4 Å². The summed E-state index contributed by atoms with van der Waals surface area (Å²) in [6.07, 6.45) is 1.16. The van der Waals surface area contributed by atoms with Gasteiger partial charge in [0.1, 0.15) is 28.2 Å². The Morgan fingerprint density at radius 3 is 2.15 bits per heavy atom. The first-order valence-electron chi connectivity index (χ1n) is 14.7. The Balaban J connectivity index is 1.19. The molecule has 1 aliphatic heterocycles. The largest absolute Gasteiger partial charge is 0.484 e. The number of ether oxygens (including phenoxy) is 1. The fraction of sp³-hybridized carbons (Fsp3) is 0.333. The Morgan fingerprint density at radius 2 is 1.54 bits per heavy atom. The summed E-state index contributed by atoms with van der Waals surface area (Å²) in [7, 11) is 0. The van der Waals surface area contributed by atoms with Crippen LogP contribution in [0.25, 0.3) is 0 Å². The smallest absolute Gasteiger partial charge is 0.329 e. The highest BCUT2D eigenvalue weighted by Crippen LogP contribution is 2.46. The molecular formula is C33H33F2N3O7S. The molecule has 4 N–H and O–H groups in total. The van der Waals surface area contributed by atoms with Crippen molar-refractivity contribution in [3.8, 4) is 5.75 Å². The molecule has 3 atom stereocenters. The molecule has 1 aliphatic carbocycles. The van der Waals surface area contributed by atoms with Gasteiger partial charge in [0.15, 0.2) is 6.61 Å². The second-order valence-corrected chi connectivity index (χ2v) is 12.4. The maximum atomic E-state index is 13.6. The van der Waals surface area contributed by atoms with E-state index in [4.69, 9.17) is 4.74 Å². The van der Waals surface area contributed by atoms with Gasteiger partial charge >= 0.3 is 5.97 Å². The van der Waals surface area contributed by atoms with Crippen LogP contribution in [0.5, 0.6) is 5.75 Å². The van der Waals surface area contributed by atoms with Crippen molar-refractivity contribution in [2.75, 3.05) is 23.8 Å². The number of halogens is 2. The van der Waals surface area contributed by atoms with Crippen molar-refractivity contribution >= 4 is 41.1 Å². The molecule has 0 bridgehead atoms. The Labute approximate surface area is 268 Å². The van der Waals surface area contributed by atoms with Crippen LogP contribution in [0.1, 0.15) is 49.0 Å². The summed E-state index contributed by atoms with van der Waals surface area (Å²) in [6.45, 7) is -0.778. The third kappa shape index (κ3) is 7.48. The van der Waals surface area contributed by atoms with Crippen LogP contribution < -0.4 is 20.3 Å².